The molecular weight excluding hydrogens is 522 g/mol. The van der Waals surface area contributed by atoms with Crippen molar-refractivity contribution in [3.8, 4) is 0 Å². The maximum atomic E-state index is 14.0. The lowest BCUT2D eigenvalue weighted by molar-refractivity contribution is -0.143. The van der Waals surface area contributed by atoms with Gasteiger partial charge in [-0.1, -0.05) is 96.9 Å². The van der Waals surface area contributed by atoms with Gasteiger partial charge in [-0.15, -0.1) is 0 Å². The highest BCUT2D eigenvalue weighted by molar-refractivity contribution is 9.10. The van der Waals surface area contributed by atoms with Gasteiger partial charge in [-0.2, -0.15) is 0 Å². The average molecular weight is 552 g/mol. The Hall–Kier alpha value is -2.77. The molecule has 1 heterocycles. The van der Waals surface area contributed by atoms with Crippen LogP contribution < -0.4 is 0 Å². The Kier molecular flexibility index (Phi) is 5.99. The number of carbonyl (C=O) groups excluding carboxylic acids is 2. The minimum atomic E-state index is -1.28. The molecule has 2 aromatic carbocycles. The van der Waals surface area contributed by atoms with E-state index >= 15 is 0 Å². The summed E-state index contributed by atoms with van der Waals surface area (Å²) in [5, 5.41) is 20.8. The van der Waals surface area contributed by atoms with Gasteiger partial charge in [0.2, 0.25) is 11.8 Å². The molecule has 3 aliphatic rings. The summed E-state index contributed by atoms with van der Waals surface area (Å²) in [4.78, 5) is 40.1. The van der Waals surface area contributed by atoms with Gasteiger partial charge in [0.1, 0.15) is 4.32 Å². The summed E-state index contributed by atoms with van der Waals surface area (Å²) in [5.41, 5.74) is 1.62. The lowest BCUT2D eigenvalue weighted by Crippen LogP contribution is -2.51. The van der Waals surface area contributed by atoms with E-state index in [1.54, 1.807) is 0 Å². The molecule has 2 amide bonds. The summed E-state index contributed by atoms with van der Waals surface area (Å²) in [7, 11) is 0. The molecule has 2 bridgehead atoms. The van der Waals surface area contributed by atoms with Crippen molar-refractivity contribution in [2.45, 2.75) is 50.0 Å². The van der Waals surface area contributed by atoms with Crippen LogP contribution in [-0.4, -0.2) is 49.9 Å². The van der Waals surface area contributed by atoms with E-state index in [1.807, 2.05) is 74.5 Å². The minimum Gasteiger partial charge on any atom is -0.481 e. The van der Waals surface area contributed by atoms with Crippen LogP contribution in [0.5, 0.6) is 0 Å². The highest BCUT2D eigenvalue weighted by atomic mass is 79.9. The maximum absolute atomic E-state index is 14.0. The number of benzene rings is 2. The number of rotatable bonds is 8. The molecule has 5 rings (SSSR count). The molecule has 2 fully saturated rings. The van der Waals surface area contributed by atoms with Gasteiger partial charge in [0.05, 0.1) is 12.0 Å². The van der Waals surface area contributed by atoms with Crippen LogP contribution in [0.3, 0.4) is 0 Å². The molecule has 1 saturated heterocycles. The predicted molar refractivity (Wildman–Crippen MR) is 140 cm³/mol. The highest BCUT2D eigenvalue weighted by Gasteiger charge is 2.85. The van der Waals surface area contributed by atoms with Crippen molar-refractivity contribution in [1.29, 1.82) is 0 Å². The molecule has 5 unspecified atom stereocenters. The first-order valence-corrected chi connectivity index (χ1v) is 13.2. The summed E-state index contributed by atoms with van der Waals surface area (Å²) in [6, 6.07) is 19.6. The van der Waals surface area contributed by atoms with Crippen LogP contribution in [-0.2, 0) is 14.4 Å². The lowest BCUT2D eigenvalue weighted by atomic mass is 9.63. The highest BCUT2D eigenvalue weighted by Crippen LogP contribution is 2.79. The number of amides is 2. The van der Waals surface area contributed by atoms with Crippen molar-refractivity contribution < 1.29 is 24.6 Å². The number of carboxylic acids is 1. The van der Waals surface area contributed by atoms with Crippen LogP contribution in [0.4, 0.5) is 0 Å². The summed E-state index contributed by atoms with van der Waals surface area (Å²) in [6.45, 7) is 4.07. The Morgan fingerprint density at radius 1 is 0.917 bits per heavy atom. The van der Waals surface area contributed by atoms with Crippen molar-refractivity contribution in [2.75, 3.05) is 6.54 Å². The second-order valence-electron chi connectivity index (χ2n) is 10.5. The van der Waals surface area contributed by atoms with Gasteiger partial charge in [-0.05, 0) is 35.1 Å². The number of hydrogen-bond donors (Lipinski definition) is 2. The third-order valence-corrected chi connectivity index (χ3v) is 10.3. The third kappa shape index (κ3) is 3.08. The quantitative estimate of drug-likeness (QED) is 0.280. The molecule has 188 valence electrons. The molecule has 5 atom stereocenters. The molecule has 0 radical (unpaired) electrons. The SMILES string of the molecule is CC12C(c3ccccc3)=C(c3ccccc3)C(C)(C1O)C1(Br)C(=O)N(CCCCCC(=O)O)C(=O)C21. The Morgan fingerprint density at radius 3 is 2.03 bits per heavy atom. The number of carbonyl (C=O) groups is 3. The van der Waals surface area contributed by atoms with Crippen LogP contribution >= 0.6 is 15.9 Å². The molecule has 0 spiro atoms. The number of aliphatic hydroxyl groups is 1. The Labute approximate surface area is 219 Å². The topological polar surface area (TPSA) is 94.9 Å². The number of halogens is 1. The summed E-state index contributed by atoms with van der Waals surface area (Å²) in [6.07, 6.45) is 0.774. The molecule has 1 saturated carbocycles. The number of alkyl halides is 1. The van der Waals surface area contributed by atoms with Gasteiger partial charge < -0.3 is 10.2 Å². The number of hydrogen-bond acceptors (Lipinski definition) is 4. The fourth-order valence-corrected chi connectivity index (χ4v) is 8.37. The van der Waals surface area contributed by atoms with Gasteiger partial charge in [-0.25, -0.2) is 0 Å². The minimum absolute atomic E-state index is 0.0695. The van der Waals surface area contributed by atoms with Crippen molar-refractivity contribution in [1.82, 2.24) is 4.90 Å². The van der Waals surface area contributed by atoms with Gasteiger partial charge >= 0.3 is 5.97 Å². The fourth-order valence-electron chi connectivity index (χ4n) is 7.07. The zero-order valence-electron chi connectivity index (χ0n) is 20.4. The number of aliphatic carboxylic acids is 1. The molecule has 2 aromatic rings. The van der Waals surface area contributed by atoms with Crippen LogP contribution in [0.15, 0.2) is 60.7 Å². The average Bonchev–Trinajstić information content (AvgIpc) is 3.24. The number of carboxylic acid groups (broad SMARTS) is 1. The van der Waals surface area contributed by atoms with E-state index in [0.29, 0.717) is 19.3 Å². The van der Waals surface area contributed by atoms with Gasteiger partial charge in [0.25, 0.3) is 0 Å². The standard InChI is InChI=1S/C29H30BrNO5/c1-27-21(18-12-6-3-7-13-18)22(19-14-8-4-9-15-19)28(2,25(27)35)29(30)23(27)24(34)31(26(29)36)17-11-5-10-16-20(32)33/h3-4,6-9,12-15,23,25,35H,5,10-11,16-17H2,1-2H3,(H,32,33). The van der Waals surface area contributed by atoms with Crippen LogP contribution in [0.2, 0.25) is 0 Å². The van der Waals surface area contributed by atoms with Crippen molar-refractivity contribution in [3.63, 3.8) is 0 Å². The molecule has 7 heteroatoms. The normalized spacial score (nSPS) is 32.9. The number of aliphatic hydroxyl groups excluding tert-OH is 1. The zero-order valence-corrected chi connectivity index (χ0v) is 22.0. The maximum Gasteiger partial charge on any atom is 0.303 e. The van der Waals surface area contributed by atoms with E-state index in [4.69, 9.17) is 5.11 Å². The van der Waals surface area contributed by atoms with Crippen LogP contribution in [0.25, 0.3) is 11.1 Å². The zero-order chi connectivity index (χ0) is 25.9. The van der Waals surface area contributed by atoms with Crippen LogP contribution in [0.1, 0.15) is 50.7 Å². The van der Waals surface area contributed by atoms with Gasteiger partial charge in [0, 0.05) is 23.8 Å². The lowest BCUT2D eigenvalue weighted by Gasteiger charge is -2.42. The van der Waals surface area contributed by atoms with Crippen molar-refractivity contribution >= 4 is 44.9 Å². The monoisotopic (exact) mass is 551 g/mol. The Morgan fingerprint density at radius 2 is 1.47 bits per heavy atom. The van der Waals surface area contributed by atoms with E-state index in [-0.39, 0.29) is 24.8 Å². The van der Waals surface area contributed by atoms with Crippen molar-refractivity contribution in [3.05, 3.63) is 71.8 Å². The van der Waals surface area contributed by atoms with Crippen LogP contribution in [0, 0.1) is 16.7 Å². The van der Waals surface area contributed by atoms with E-state index in [1.165, 1.54) is 4.90 Å². The smallest absolute Gasteiger partial charge is 0.303 e. The van der Waals surface area contributed by atoms with Gasteiger partial charge in [0.15, 0.2) is 0 Å². The molecule has 6 nitrogen and oxygen atoms in total. The van der Waals surface area contributed by atoms with E-state index in [9.17, 15) is 19.5 Å². The molecule has 36 heavy (non-hydrogen) atoms. The molecule has 2 aliphatic carbocycles. The molecule has 1 aliphatic heterocycles. The first-order chi connectivity index (χ1) is 17.1. The van der Waals surface area contributed by atoms with E-state index in [2.05, 4.69) is 15.9 Å². The Balaban J connectivity index is 1.62. The number of likely N-dealkylation sites (tertiary alicyclic amines) is 1. The molecule has 0 aromatic heterocycles. The number of nitrogens with zero attached hydrogens (tertiary/aromatic N) is 1. The fraction of sp³-hybridized carbons (Fsp3) is 0.414. The predicted octanol–water partition coefficient (Wildman–Crippen LogP) is 4.76. The van der Waals surface area contributed by atoms with E-state index in [0.717, 1.165) is 22.3 Å². The van der Waals surface area contributed by atoms with Gasteiger partial charge in [-0.3, -0.25) is 19.3 Å². The van der Waals surface area contributed by atoms with E-state index < -0.39 is 33.1 Å². The first-order valence-electron chi connectivity index (χ1n) is 12.4. The van der Waals surface area contributed by atoms with Crippen molar-refractivity contribution in [2.24, 2.45) is 16.7 Å². The second kappa shape index (κ2) is 8.67. The Bertz CT molecular complexity index is 1260. The second-order valence-corrected chi connectivity index (χ2v) is 11.8. The summed E-state index contributed by atoms with van der Waals surface area (Å²) in [5.74, 6) is -2.21. The largest absolute Gasteiger partial charge is 0.481 e. The molecular formula is C29H30BrNO5. The first kappa shape index (κ1) is 24.9. The summed E-state index contributed by atoms with van der Waals surface area (Å²) < 4.78 is -1.28. The summed E-state index contributed by atoms with van der Waals surface area (Å²) >= 11 is 3.80. The third-order valence-electron chi connectivity index (χ3n) is 8.64. The number of imide groups is 1. The number of fused-ring (bicyclic) bond motifs is 5. The molecule has 2 N–H and O–H groups in total. The number of unbranched alkanes of at least 4 members (excludes halogenated alkanes) is 2.